The van der Waals surface area contributed by atoms with E-state index in [9.17, 15) is 4.79 Å². The first-order valence-corrected chi connectivity index (χ1v) is 11.6. The standard InChI is InChI=1S/C26H28N6O/c33-26(22-14-17-31(18-15-22)25-12-11-24-29-28-19-32(24)30-25)27-16-13-23(20-7-3-1-4-8-20)21-9-5-2-6-10-21/h1-12,19,22-23H,13-18H2,(H,27,33). The minimum absolute atomic E-state index is 0.0480. The minimum atomic E-state index is 0.0480. The van der Waals surface area contributed by atoms with Crippen LogP contribution in [0.15, 0.2) is 79.1 Å². The van der Waals surface area contributed by atoms with Gasteiger partial charge < -0.3 is 10.2 Å². The number of rotatable bonds is 7. The first-order chi connectivity index (χ1) is 16.3. The predicted molar refractivity (Wildman–Crippen MR) is 128 cm³/mol. The molecule has 1 fully saturated rings. The second-order valence-electron chi connectivity index (χ2n) is 8.54. The van der Waals surface area contributed by atoms with Gasteiger partial charge in [0.2, 0.25) is 5.91 Å². The lowest BCUT2D eigenvalue weighted by molar-refractivity contribution is -0.125. The smallest absolute Gasteiger partial charge is 0.223 e. The van der Waals surface area contributed by atoms with Gasteiger partial charge in [0.15, 0.2) is 5.65 Å². The molecular formula is C26H28N6O. The Hall–Kier alpha value is -3.74. The Morgan fingerprint density at radius 3 is 2.27 bits per heavy atom. The second-order valence-corrected chi connectivity index (χ2v) is 8.54. The fourth-order valence-electron chi connectivity index (χ4n) is 4.64. The number of benzene rings is 2. The van der Waals surface area contributed by atoms with Crippen LogP contribution in [0.5, 0.6) is 0 Å². The lowest BCUT2D eigenvalue weighted by atomic mass is 9.88. The molecule has 2 aromatic carbocycles. The van der Waals surface area contributed by atoms with Crippen LogP contribution in [-0.2, 0) is 4.79 Å². The molecule has 1 saturated heterocycles. The number of nitrogens with zero attached hydrogens (tertiary/aromatic N) is 5. The Morgan fingerprint density at radius 1 is 0.939 bits per heavy atom. The zero-order valence-electron chi connectivity index (χ0n) is 18.5. The van der Waals surface area contributed by atoms with Crippen molar-refractivity contribution >= 4 is 17.4 Å². The number of carbonyl (C=O) groups is 1. The zero-order chi connectivity index (χ0) is 22.5. The fourth-order valence-corrected chi connectivity index (χ4v) is 4.64. The molecule has 1 N–H and O–H groups in total. The number of fused-ring (bicyclic) bond motifs is 1. The summed E-state index contributed by atoms with van der Waals surface area (Å²) in [7, 11) is 0. The van der Waals surface area contributed by atoms with Gasteiger partial charge in [-0.2, -0.15) is 4.52 Å². The summed E-state index contributed by atoms with van der Waals surface area (Å²) in [5, 5.41) is 15.7. The Kier molecular flexibility index (Phi) is 6.28. The molecule has 0 aliphatic carbocycles. The molecule has 1 aliphatic heterocycles. The van der Waals surface area contributed by atoms with Crippen LogP contribution in [0, 0.1) is 5.92 Å². The molecule has 3 heterocycles. The number of aromatic nitrogens is 4. The van der Waals surface area contributed by atoms with Crippen LogP contribution in [0.2, 0.25) is 0 Å². The van der Waals surface area contributed by atoms with E-state index in [1.54, 1.807) is 10.8 Å². The number of piperidine rings is 1. The number of hydrogen-bond acceptors (Lipinski definition) is 5. The highest BCUT2D eigenvalue weighted by Crippen LogP contribution is 2.28. The molecule has 7 heteroatoms. The van der Waals surface area contributed by atoms with Crippen molar-refractivity contribution in [2.45, 2.75) is 25.2 Å². The first kappa shape index (κ1) is 21.1. The van der Waals surface area contributed by atoms with Crippen LogP contribution in [0.3, 0.4) is 0 Å². The first-order valence-electron chi connectivity index (χ1n) is 11.6. The summed E-state index contributed by atoms with van der Waals surface area (Å²) in [4.78, 5) is 15.1. The van der Waals surface area contributed by atoms with E-state index >= 15 is 0 Å². The molecule has 0 bridgehead atoms. The average Bonchev–Trinajstić information content (AvgIpc) is 3.36. The van der Waals surface area contributed by atoms with E-state index in [1.807, 2.05) is 24.3 Å². The van der Waals surface area contributed by atoms with E-state index in [1.165, 1.54) is 11.1 Å². The topological polar surface area (TPSA) is 75.4 Å². The molecule has 0 atom stereocenters. The summed E-state index contributed by atoms with van der Waals surface area (Å²) < 4.78 is 1.68. The van der Waals surface area contributed by atoms with Crippen molar-refractivity contribution in [3.63, 3.8) is 0 Å². The third kappa shape index (κ3) is 4.87. The molecule has 7 nitrogen and oxygen atoms in total. The van der Waals surface area contributed by atoms with Crippen molar-refractivity contribution in [2.24, 2.45) is 5.92 Å². The van der Waals surface area contributed by atoms with Crippen molar-refractivity contribution < 1.29 is 4.79 Å². The molecule has 1 amide bonds. The average molecular weight is 441 g/mol. The van der Waals surface area contributed by atoms with Gasteiger partial charge in [-0.25, -0.2) is 0 Å². The van der Waals surface area contributed by atoms with Gasteiger partial charge in [-0.1, -0.05) is 60.7 Å². The highest BCUT2D eigenvalue weighted by Gasteiger charge is 2.26. The van der Waals surface area contributed by atoms with Gasteiger partial charge in [0.05, 0.1) is 0 Å². The molecule has 33 heavy (non-hydrogen) atoms. The van der Waals surface area contributed by atoms with Gasteiger partial charge >= 0.3 is 0 Å². The number of nitrogens with one attached hydrogen (secondary N) is 1. The molecule has 2 aromatic heterocycles. The summed E-state index contributed by atoms with van der Waals surface area (Å²) in [6.07, 6.45) is 4.14. The van der Waals surface area contributed by atoms with Crippen LogP contribution in [-0.4, -0.2) is 45.4 Å². The Balaban J connectivity index is 1.15. The van der Waals surface area contributed by atoms with E-state index < -0.39 is 0 Å². The van der Waals surface area contributed by atoms with Crippen molar-refractivity contribution in [2.75, 3.05) is 24.5 Å². The van der Waals surface area contributed by atoms with Crippen molar-refractivity contribution in [1.82, 2.24) is 25.1 Å². The normalized spacial score (nSPS) is 14.6. The lowest BCUT2D eigenvalue weighted by Gasteiger charge is -2.32. The maximum absolute atomic E-state index is 12.9. The molecule has 4 aromatic rings. The largest absolute Gasteiger partial charge is 0.356 e. The third-order valence-electron chi connectivity index (χ3n) is 6.47. The highest BCUT2D eigenvalue weighted by molar-refractivity contribution is 5.79. The molecule has 168 valence electrons. The predicted octanol–water partition coefficient (Wildman–Crippen LogP) is 3.68. The fraction of sp³-hybridized carbons (Fsp3) is 0.308. The summed E-state index contributed by atoms with van der Waals surface area (Å²) in [5.74, 6) is 1.38. The van der Waals surface area contributed by atoms with Gasteiger partial charge in [0, 0.05) is 31.5 Å². The summed E-state index contributed by atoms with van der Waals surface area (Å²) in [6, 6.07) is 24.9. The number of anilines is 1. The van der Waals surface area contributed by atoms with Crippen molar-refractivity contribution in [1.29, 1.82) is 0 Å². The third-order valence-corrected chi connectivity index (χ3v) is 6.47. The zero-order valence-corrected chi connectivity index (χ0v) is 18.5. The molecule has 0 unspecified atom stereocenters. The molecule has 1 aliphatic rings. The van der Waals surface area contributed by atoms with Crippen LogP contribution in [0.4, 0.5) is 5.82 Å². The molecular weight excluding hydrogens is 412 g/mol. The Bertz CT molecular complexity index is 1150. The maximum Gasteiger partial charge on any atom is 0.223 e. The van der Waals surface area contributed by atoms with Crippen LogP contribution < -0.4 is 10.2 Å². The molecule has 0 radical (unpaired) electrons. The number of amides is 1. The van der Waals surface area contributed by atoms with E-state index in [0.29, 0.717) is 6.54 Å². The molecule has 5 rings (SSSR count). The van der Waals surface area contributed by atoms with Gasteiger partial charge in [0.1, 0.15) is 12.1 Å². The molecule has 0 saturated carbocycles. The van der Waals surface area contributed by atoms with Crippen LogP contribution in [0.1, 0.15) is 36.3 Å². The van der Waals surface area contributed by atoms with E-state index in [2.05, 4.69) is 74.0 Å². The number of carbonyl (C=O) groups excluding carboxylic acids is 1. The maximum atomic E-state index is 12.9. The summed E-state index contributed by atoms with van der Waals surface area (Å²) >= 11 is 0. The van der Waals surface area contributed by atoms with Crippen molar-refractivity contribution in [3.05, 3.63) is 90.3 Å². The monoisotopic (exact) mass is 440 g/mol. The highest BCUT2D eigenvalue weighted by atomic mass is 16.1. The van der Waals surface area contributed by atoms with Gasteiger partial charge in [0.25, 0.3) is 0 Å². The van der Waals surface area contributed by atoms with Gasteiger partial charge in [-0.15, -0.1) is 15.3 Å². The van der Waals surface area contributed by atoms with Gasteiger partial charge in [-0.3, -0.25) is 4.79 Å². The summed E-state index contributed by atoms with van der Waals surface area (Å²) in [6.45, 7) is 2.30. The molecule has 0 spiro atoms. The van der Waals surface area contributed by atoms with E-state index in [-0.39, 0.29) is 17.7 Å². The van der Waals surface area contributed by atoms with Crippen LogP contribution >= 0.6 is 0 Å². The van der Waals surface area contributed by atoms with E-state index in [4.69, 9.17) is 0 Å². The number of hydrogen-bond donors (Lipinski definition) is 1. The Morgan fingerprint density at radius 2 is 1.61 bits per heavy atom. The Labute approximate surface area is 193 Å². The van der Waals surface area contributed by atoms with E-state index in [0.717, 1.165) is 43.8 Å². The second kappa shape index (κ2) is 9.81. The van der Waals surface area contributed by atoms with Crippen molar-refractivity contribution in [3.8, 4) is 0 Å². The van der Waals surface area contributed by atoms with Gasteiger partial charge in [-0.05, 0) is 42.5 Å². The summed E-state index contributed by atoms with van der Waals surface area (Å²) in [5.41, 5.74) is 3.30. The lowest BCUT2D eigenvalue weighted by Crippen LogP contribution is -2.41. The SMILES string of the molecule is O=C(NCCC(c1ccccc1)c1ccccc1)C1CCN(c2ccc3nncn3n2)CC1. The van der Waals surface area contributed by atoms with Crippen LogP contribution in [0.25, 0.3) is 5.65 Å². The quantitative estimate of drug-likeness (QED) is 0.475. The minimum Gasteiger partial charge on any atom is -0.356 e.